The molecule has 0 aliphatic carbocycles. The number of aromatic carboxylic acids is 1. The van der Waals surface area contributed by atoms with Crippen LogP contribution in [0.2, 0.25) is 0 Å². The van der Waals surface area contributed by atoms with E-state index in [1.165, 1.54) is 7.11 Å². The third kappa shape index (κ3) is 3.43. The maximum Gasteiger partial charge on any atom is 0.371 e. The fraction of sp³-hybridized carbons (Fsp3) is 0.400. The van der Waals surface area contributed by atoms with Gasteiger partial charge in [-0.2, -0.15) is 0 Å². The van der Waals surface area contributed by atoms with Crippen molar-refractivity contribution < 1.29 is 29.1 Å². The van der Waals surface area contributed by atoms with Crippen molar-refractivity contribution in [3.05, 3.63) is 39.2 Å². The summed E-state index contributed by atoms with van der Waals surface area (Å²) in [6.07, 6.45) is 1.26. The zero-order valence-electron chi connectivity index (χ0n) is 16.4. The summed E-state index contributed by atoms with van der Waals surface area (Å²) < 4.78 is 5.59. The van der Waals surface area contributed by atoms with E-state index in [9.17, 15) is 24.6 Å². The van der Waals surface area contributed by atoms with Gasteiger partial charge in [0.1, 0.15) is 18.7 Å². The maximum atomic E-state index is 12.6. The van der Waals surface area contributed by atoms with E-state index in [2.05, 4.69) is 5.16 Å². The molecule has 1 aliphatic rings. The van der Waals surface area contributed by atoms with E-state index in [1.54, 1.807) is 11.0 Å². The summed E-state index contributed by atoms with van der Waals surface area (Å²) in [6, 6.07) is 1.66. The van der Waals surface area contributed by atoms with Gasteiger partial charge < -0.3 is 24.4 Å². The van der Waals surface area contributed by atoms with E-state index >= 15 is 0 Å². The number of carboxylic acid groups (broad SMARTS) is 2. The van der Waals surface area contributed by atoms with E-state index < -0.39 is 29.2 Å². The Morgan fingerprint density at radius 2 is 2.03 bits per heavy atom. The van der Waals surface area contributed by atoms with Crippen LogP contribution in [0, 0.1) is 0 Å². The molecule has 1 unspecified atom stereocenters. The van der Waals surface area contributed by atoms with Crippen molar-refractivity contribution in [1.82, 2.24) is 0 Å². The van der Waals surface area contributed by atoms with Gasteiger partial charge in [0.2, 0.25) is 5.76 Å². The predicted octanol–water partition coefficient (Wildman–Crippen LogP) is 2.48. The van der Waals surface area contributed by atoms with Gasteiger partial charge in [0.05, 0.1) is 16.8 Å². The maximum absolute atomic E-state index is 12.6. The molecule has 1 aromatic carbocycles. The van der Waals surface area contributed by atoms with Crippen molar-refractivity contribution in [3.63, 3.8) is 0 Å². The van der Waals surface area contributed by atoms with Crippen LogP contribution in [0.25, 0.3) is 11.0 Å². The number of fused-ring (bicyclic) bond motifs is 2. The highest BCUT2D eigenvalue weighted by Crippen LogP contribution is 2.39. The fourth-order valence-corrected chi connectivity index (χ4v) is 3.84. The molecule has 1 atom stereocenters. The lowest BCUT2D eigenvalue weighted by Gasteiger charge is -2.37. The van der Waals surface area contributed by atoms with Crippen molar-refractivity contribution >= 4 is 34.3 Å². The van der Waals surface area contributed by atoms with Crippen LogP contribution in [0.4, 0.5) is 5.69 Å². The number of anilines is 1. The van der Waals surface area contributed by atoms with Crippen molar-refractivity contribution in [1.29, 1.82) is 0 Å². The van der Waals surface area contributed by atoms with E-state index in [0.29, 0.717) is 41.9 Å². The Morgan fingerprint density at radius 3 is 2.59 bits per heavy atom. The van der Waals surface area contributed by atoms with Gasteiger partial charge >= 0.3 is 11.9 Å². The van der Waals surface area contributed by atoms with Gasteiger partial charge in [-0.15, -0.1) is 0 Å². The first-order valence-electron chi connectivity index (χ1n) is 9.30. The summed E-state index contributed by atoms with van der Waals surface area (Å²) in [4.78, 5) is 42.6. The molecular weight excluding hydrogens is 380 g/mol. The molecule has 2 N–H and O–H groups in total. The van der Waals surface area contributed by atoms with Crippen molar-refractivity contribution in [2.75, 3.05) is 18.6 Å². The first kappa shape index (κ1) is 20.4. The van der Waals surface area contributed by atoms with Crippen LogP contribution in [-0.2, 0) is 16.1 Å². The van der Waals surface area contributed by atoms with Gasteiger partial charge in [0.15, 0.2) is 5.43 Å². The van der Waals surface area contributed by atoms with Crippen LogP contribution < -0.4 is 10.3 Å². The zero-order chi connectivity index (χ0) is 21.3. The fourth-order valence-electron chi connectivity index (χ4n) is 3.84. The average Bonchev–Trinajstić information content (AvgIpc) is 2.68. The second-order valence-electron chi connectivity index (χ2n) is 6.72. The minimum Gasteiger partial charge on any atom is -0.480 e. The molecule has 9 heteroatoms. The number of aliphatic carboxylic acids is 1. The van der Waals surface area contributed by atoms with Crippen LogP contribution in [0.1, 0.15) is 48.4 Å². The molecule has 0 radical (unpaired) electrons. The molecule has 3 rings (SSSR count). The number of benzene rings is 1. The molecule has 154 valence electrons. The minimum atomic E-state index is -1.35. The molecular formula is C20H22N2O7. The second-order valence-corrected chi connectivity index (χ2v) is 6.72. The highest BCUT2D eigenvalue weighted by Gasteiger charge is 2.37. The summed E-state index contributed by atoms with van der Waals surface area (Å²) in [7, 11) is 1.37. The van der Waals surface area contributed by atoms with Crippen LogP contribution in [-0.4, -0.2) is 47.6 Å². The molecule has 0 spiro atoms. The monoisotopic (exact) mass is 402 g/mol. The molecule has 0 saturated heterocycles. The number of oxime groups is 1. The smallest absolute Gasteiger partial charge is 0.371 e. The van der Waals surface area contributed by atoms with Crippen LogP contribution in [0.15, 0.2) is 26.5 Å². The summed E-state index contributed by atoms with van der Waals surface area (Å²) in [5.41, 5.74) is 1.87. The topological polar surface area (TPSA) is 130 Å². The lowest BCUT2D eigenvalue weighted by atomic mass is 9.88. The van der Waals surface area contributed by atoms with Crippen molar-refractivity contribution in [3.8, 4) is 0 Å². The quantitative estimate of drug-likeness (QED) is 0.705. The second kappa shape index (κ2) is 7.94. The molecule has 0 amide bonds. The van der Waals surface area contributed by atoms with Gasteiger partial charge in [-0.1, -0.05) is 18.5 Å². The van der Waals surface area contributed by atoms with Gasteiger partial charge in [0, 0.05) is 30.2 Å². The normalized spacial score (nSPS) is 17.4. The van der Waals surface area contributed by atoms with E-state index in [4.69, 9.17) is 9.25 Å². The Morgan fingerprint density at radius 1 is 1.31 bits per heavy atom. The first-order chi connectivity index (χ1) is 13.8. The van der Waals surface area contributed by atoms with E-state index in [1.807, 2.05) is 13.8 Å². The van der Waals surface area contributed by atoms with Crippen LogP contribution in [0.3, 0.4) is 0 Å². The molecule has 2 heterocycles. The van der Waals surface area contributed by atoms with Crippen LogP contribution in [0.5, 0.6) is 0 Å². The molecule has 2 aromatic rings. The summed E-state index contributed by atoms with van der Waals surface area (Å²) in [6.45, 7) is 4.17. The molecule has 0 fully saturated rings. The number of carboxylic acids is 2. The van der Waals surface area contributed by atoms with Gasteiger partial charge in [-0.25, -0.2) is 9.59 Å². The molecule has 1 aromatic heterocycles. The number of aryl methyl sites for hydroxylation is 1. The highest BCUT2D eigenvalue weighted by molar-refractivity contribution is 6.13. The summed E-state index contributed by atoms with van der Waals surface area (Å²) in [5.74, 6) is -2.81. The van der Waals surface area contributed by atoms with Crippen LogP contribution >= 0.6 is 0 Å². The summed E-state index contributed by atoms with van der Waals surface area (Å²) in [5, 5.41) is 23.3. The Hall–Kier alpha value is -3.36. The minimum absolute atomic E-state index is 0.111. The van der Waals surface area contributed by atoms with E-state index in [0.717, 1.165) is 6.07 Å². The average molecular weight is 402 g/mol. The molecule has 0 saturated carbocycles. The van der Waals surface area contributed by atoms with Crippen molar-refractivity contribution in [2.24, 2.45) is 5.16 Å². The lowest BCUT2D eigenvalue weighted by Crippen LogP contribution is -2.47. The Balaban J connectivity index is 2.48. The number of nitrogens with zero attached hydrogens (tertiary/aromatic N) is 2. The Kier molecular flexibility index (Phi) is 5.58. The van der Waals surface area contributed by atoms with Gasteiger partial charge in [-0.3, -0.25) is 4.79 Å². The first-order valence-corrected chi connectivity index (χ1v) is 9.30. The van der Waals surface area contributed by atoms with E-state index in [-0.39, 0.29) is 17.4 Å². The number of carbonyl (C=O) groups is 2. The number of likely N-dealkylation sites (N-methyl/N-ethyl adjacent to an activating group) is 1. The SMILES string of the molecule is CCCc1c2c(cc3c(=O)cc(C(=O)O)oc13)C(=NOC)CC(C(=O)O)N2CC. The van der Waals surface area contributed by atoms with Gasteiger partial charge in [-0.05, 0) is 19.4 Å². The zero-order valence-corrected chi connectivity index (χ0v) is 16.4. The molecule has 29 heavy (non-hydrogen) atoms. The third-order valence-corrected chi connectivity index (χ3v) is 4.99. The molecule has 0 bridgehead atoms. The number of rotatable bonds is 6. The standard InChI is InChI=1S/C20H22N2O7/c1-4-6-10-17-11(7-12-15(23)9-16(20(26)27)29-18(10)12)13(21-28-3)8-14(19(24)25)22(17)5-2/h7,9,14H,4-6,8H2,1-3H3,(H,24,25)(H,26,27). The molecule has 1 aliphatic heterocycles. The summed E-state index contributed by atoms with van der Waals surface area (Å²) >= 11 is 0. The molecule has 9 nitrogen and oxygen atoms in total. The number of hydrogen-bond acceptors (Lipinski definition) is 7. The lowest BCUT2D eigenvalue weighted by molar-refractivity contribution is -0.138. The van der Waals surface area contributed by atoms with Gasteiger partial charge in [0.25, 0.3) is 0 Å². The van der Waals surface area contributed by atoms with Crippen molar-refractivity contribution in [2.45, 2.75) is 39.2 Å². The Bertz CT molecular complexity index is 1070. The third-order valence-electron chi connectivity index (χ3n) is 4.99. The predicted molar refractivity (Wildman–Crippen MR) is 106 cm³/mol. The highest BCUT2D eigenvalue weighted by atomic mass is 16.6. The number of hydrogen-bond donors (Lipinski definition) is 2. The largest absolute Gasteiger partial charge is 0.480 e. The Labute approximate surface area is 166 Å².